The van der Waals surface area contributed by atoms with Crippen LogP contribution in [0.5, 0.6) is 0 Å². The van der Waals surface area contributed by atoms with Crippen LogP contribution in [-0.2, 0) is 23.9 Å². The standard InChI is InChI=1S/C13H15BrO5/c1-3-18-13(17)12(19-8(2)15)11(16)9-4-6-10(14)7-5-9/h4,6,12H,3,5,7H2,1-2H3. The van der Waals surface area contributed by atoms with E-state index in [9.17, 15) is 14.4 Å². The van der Waals surface area contributed by atoms with Gasteiger partial charge in [-0.3, -0.25) is 9.59 Å². The van der Waals surface area contributed by atoms with Crippen LogP contribution in [0, 0.1) is 0 Å². The van der Waals surface area contributed by atoms with Gasteiger partial charge >= 0.3 is 11.9 Å². The van der Waals surface area contributed by atoms with Crippen LogP contribution in [0.25, 0.3) is 0 Å². The van der Waals surface area contributed by atoms with Gasteiger partial charge in [0.05, 0.1) is 6.61 Å². The van der Waals surface area contributed by atoms with E-state index in [1.807, 2.05) is 0 Å². The minimum Gasteiger partial charge on any atom is -0.463 e. The van der Waals surface area contributed by atoms with Gasteiger partial charge in [0.1, 0.15) is 0 Å². The van der Waals surface area contributed by atoms with Crippen molar-refractivity contribution in [3.8, 4) is 0 Å². The second kappa shape index (κ2) is 7.23. The molecule has 1 unspecified atom stereocenters. The minimum atomic E-state index is -1.51. The summed E-state index contributed by atoms with van der Waals surface area (Å²) in [5.41, 5.74) is 0.447. The van der Waals surface area contributed by atoms with Crippen LogP contribution in [0.2, 0.25) is 0 Å². The molecule has 0 amide bonds. The van der Waals surface area contributed by atoms with Crippen molar-refractivity contribution in [3.63, 3.8) is 0 Å². The highest BCUT2D eigenvalue weighted by Crippen LogP contribution is 2.24. The number of allylic oxidation sites excluding steroid dienone is 3. The van der Waals surface area contributed by atoms with Gasteiger partial charge in [0.15, 0.2) is 0 Å². The van der Waals surface area contributed by atoms with Crippen molar-refractivity contribution in [1.29, 1.82) is 0 Å². The van der Waals surface area contributed by atoms with Crippen LogP contribution in [0.3, 0.4) is 0 Å². The van der Waals surface area contributed by atoms with Crippen LogP contribution < -0.4 is 0 Å². The summed E-state index contributed by atoms with van der Waals surface area (Å²) in [4.78, 5) is 34.8. The average molecular weight is 331 g/mol. The Morgan fingerprint density at radius 1 is 1.32 bits per heavy atom. The summed E-state index contributed by atoms with van der Waals surface area (Å²) >= 11 is 3.32. The molecule has 0 heterocycles. The topological polar surface area (TPSA) is 69.7 Å². The number of carbonyl (C=O) groups is 3. The Morgan fingerprint density at radius 2 is 2.00 bits per heavy atom. The maximum atomic E-state index is 12.2. The number of carbonyl (C=O) groups excluding carboxylic acids is 3. The third-order valence-electron chi connectivity index (χ3n) is 2.44. The summed E-state index contributed by atoms with van der Waals surface area (Å²) in [6.07, 6.45) is 3.02. The molecule has 1 aliphatic carbocycles. The molecule has 0 aromatic rings. The van der Waals surface area contributed by atoms with E-state index in [2.05, 4.69) is 15.9 Å². The van der Waals surface area contributed by atoms with Gasteiger partial charge in [-0.15, -0.1) is 0 Å². The molecule has 0 spiro atoms. The highest BCUT2D eigenvalue weighted by Gasteiger charge is 2.33. The van der Waals surface area contributed by atoms with Crippen molar-refractivity contribution in [2.45, 2.75) is 32.8 Å². The average Bonchev–Trinajstić information content (AvgIpc) is 2.36. The molecule has 0 N–H and O–H groups in total. The Hall–Kier alpha value is -1.43. The van der Waals surface area contributed by atoms with Gasteiger partial charge < -0.3 is 9.47 Å². The van der Waals surface area contributed by atoms with Gasteiger partial charge in [0, 0.05) is 12.5 Å². The summed E-state index contributed by atoms with van der Waals surface area (Å²) < 4.78 is 10.5. The quantitative estimate of drug-likeness (QED) is 0.570. The summed E-state index contributed by atoms with van der Waals surface area (Å²) in [7, 11) is 0. The summed E-state index contributed by atoms with van der Waals surface area (Å²) in [6, 6.07) is 0. The molecule has 1 atom stereocenters. The number of hydrogen-bond donors (Lipinski definition) is 0. The zero-order valence-electron chi connectivity index (χ0n) is 10.8. The maximum Gasteiger partial charge on any atom is 0.355 e. The summed E-state index contributed by atoms with van der Waals surface area (Å²) in [5.74, 6) is -2.05. The van der Waals surface area contributed by atoms with Gasteiger partial charge in [-0.05, 0) is 24.2 Å². The lowest BCUT2D eigenvalue weighted by molar-refractivity contribution is -0.169. The van der Waals surface area contributed by atoms with E-state index >= 15 is 0 Å². The van der Waals surface area contributed by atoms with Crippen molar-refractivity contribution >= 4 is 33.7 Å². The molecular formula is C13H15BrO5. The molecular weight excluding hydrogens is 316 g/mol. The van der Waals surface area contributed by atoms with Crippen LogP contribution in [-0.4, -0.2) is 30.4 Å². The zero-order chi connectivity index (χ0) is 14.4. The number of Topliss-reactive ketones (excluding diaryl/α,β-unsaturated/α-hetero) is 1. The first-order valence-corrected chi connectivity index (χ1v) is 6.68. The van der Waals surface area contributed by atoms with Crippen LogP contribution in [0.1, 0.15) is 26.7 Å². The molecule has 5 nitrogen and oxygen atoms in total. The fourth-order valence-corrected chi connectivity index (χ4v) is 1.91. The number of hydrogen-bond acceptors (Lipinski definition) is 5. The molecule has 0 aliphatic heterocycles. The zero-order valence-corrected chi connectivity index (χ0v) is 12.4. The third kappa shape index (κ3) is 4.63. The molecule has 104 valence electrons. The molecule has 0 aromatic heterocycles. The predicted octanol–water partition coefficient (Wildman–Crippen LogP) is 2.05. The van der Waals surface area contributed by atoms with E-state index < -0.39 is 23.8 Å². The second-order valence-corrected chi connectivity index (χ2v) is 4.93. The monoisotopic (exact) mass is 330 g/mol. The van der Waals surface area contributed by atoms with Gasteiger partial charge in [-0.1, -0.05) is 28.1 Å². The Kier molecular flexibility index (Phi) is 5.95. The minimum absolute atomic E-state index is 0.119. The molecule has 1 aliphatic rings. The predicted molar refractivity (Wildman–Crippen MR) is 71.5 cm³/mol. The van der Waals surface area contributed by atoms with Gasteiger partial charge in [0.2, 0.25) is 5.78 Å². The number of ether oxygens (including phenoxy) is 2. The molecule has 0 fully saturated rings. The first-order valence-electron chi connectivity index (χ1n) is 5.89. The number of rotatable bonds is 5. The van der Waals surface area contributed by atoms with Crippen molar-refractivity contribution in [1.82, 2.24) is 0 Å². The van der Waals surface area contributed by atoms with E-state index in [4.69, 9.17) is 9.47 Å². The summed E-state index contributed by atoms with van der Waals surface area (Å²) in [6.45, 7) is 2.88. The highest BCUT2D eigenvalue weighted by molar-refractivity contribution is 9.11. The van der Waals surface area contributed by atoms with Gasteiger partial charge in [0.25, 0.3) is 6.10 Å². The molecule has 0 radical (unpaired) electrons. The number of halogens is 1. The lowest BCUT2D eigenvalue weighted by atomic mass is 9.98. The highest BCUT2D eigenvalue weighted by atomic mass is 79.9. The maximum absolute atomic E-state index is 12.2. The van der Waals surface area contributed by atoms with Crippen molar-refractivity contribution < 1.29 is 23.9 Å². The van der Waals surface area contributed by atoms with Crippen molar-refractivity contribution in [2.24, 2.45) is 0 Å². The Labute approximate surface area is 119 Å². The largest absolute Gasteiger partial charge is 0.463 e. The fraction of sp³-hybridized carbons (Fsp3) is 0.462. The molecule has 6 heteroatoms. The van der Waals surface area contributed by atoms with Gasteiger partial charge in [-0.2, -0.15) is 0 Å². The first kappa shape index (κ1) is 15.6. The number of esters is 2. The summed E-state index contributed by atoms with van der Waals surface area (Å²) in [5, 5.41) is 0. The van der Waals surface area contributed by atoms with Crippen LogP contribution in [0.4, 0.5) is 0 Å². The van der Waals surface area contributed by atoms with E-state index in [0.29, 0.717) is 18.4 Å². The third-order valence-corrected chi connectivity index (χ3v) is 3.10. The SMILES string of the molecule is CCOC(=O)C(OC(C)=O)C(=O)C1=CC=C(Br)CC1. The van der Waals surface area contributed by atoms with Crippen LogP contribution >= 0.6 is 15.9 Å². The molecule has 1 rings (SSSR count). The van der Waals surface area contributed by atoms with Crippen molar-refractivity contribution in [2.75, 3.05) is 6.61 Å². The fourth-order valence-electron chi connectivity index (χ4n) is 1.58. The first-order chi connectivity index (χ1) is 8.95. The normalized spacial score (nSPS) is 15.9. The van der Waals surface area contributed by atoms with E-state index in [1.165, 1.54) is 0 Å². The lowest BCUT2D eigenvalue weighted by Gasteiger charge is -2.17. The van der Waals surface area contributed by atoms with E-state index in [0.717, 1.165) is 11.4 Å². The Bertz CT molecular complexity index is 450. The van der Waals surface area contributed by atoms with Crippen LogP contribution in [0.15, 0.2) is 22.2 Å². The molecule has 19 heavy (non-hydrogen) atoms. The Balaban J connectivity index is 2.88. The van der Waals surface area contributed by atoms with E-state index in [1.54, 1.807) is 19.1 Å². The number of ketones is 1. The van der Waals surface area contributed by atoms with E-state index in [-0.39, 0.29) is 6.61 Å². The molecule has 0 aromatic carbocycles. The Morgan fingerprint density at radius 3 is 2.47 bits per heavy atom. The molecule has 0 bridgehead atoms. The molecule has 0 saturated carbocycles. The van der Waals surface area contributed by atoms with Gasteiger partial charge in [-0.25, -0.2) is 4.79 Å². The second-order valence-electron chi connectivity index (χ2n) is 3.91. The lowest BCUT2D eigenvalue weighted by Crippen LogP contribution is -2.37. The smallest absolute Gasteiger partial charge is 0.355 e. The van der Waals surface area contributed by atoms with Crippen molar-refractivity contribution in [3.05, 3.63) is 22.2 Å². The molecule has 0 saturated heterocycles.